The monoisotopic (exact) mass is 677 g/mol. The summed E-state index contributed by atoms with van der Waals surface area (Å²) in [5.41, 5.74) is 17.8. The lowest BCUT2D eigenvalue weighted by Gasteiger charge is -2.46. The van der Waals surface area contributed by atoms with Gasteiger partial charge in [-0.2, -0.15) is 0 Å². The highest BCUT2D eigenvalue weighted by Gasteiger charge is 2.53. The molecule has 53 heavy (non-hydrogen) atoms. The van der Waals surface area contributed by atoms with Crippen LogP contribution < -0.4 is 4.90 Å². The van der Waals surface area contributed by atoms with E-state index in [0.717, 1.165) is 25.7 Å². The first-order valence-corrected chi connectivity index (χ1v) is 19.1. The summed E-state index contributed by atoms with van der Waals surface area (Å²) in [6.07, 6.45) is 4.42. The Morgan fingerprint density at radius 1 is 0.340 bits per heavy atom. The van der Waals surface area contributed by atoms with Crippen molar-refractivity contribution in [2.45, 2.75) is 36.5 Å². The Morgan fingerprint density at radius 2 is 0.868 bits per heavy atom. The number of anilines is 3. The molecule has 252 valence electrons. The first kappa shape index (κ1) is 30.4. The molecule has 0 unspecified atom stereocenters. The van der Waals surface area contributed by atoms with Crippen molar-refractivity contribution in [2.24, 2.45) is 0 Å². The van der Waals surface area contributed by atoms with Crippen LogP contribution in [0.2, 0.25) is 0 Å². The third kappa shape index (κ3) is 4.44. The Bertz CT molecular complexity index is 2670. The topological polar surface area (TPSA) is 3.24 Å². The summed E-state index contributed by atoms with van der Waals surface area (Å²) < 4.78 is 0. The standard InChI is InChI=1S/C52H39N/c1-3-14-36(15-4-1)38-26-28-44-42-21-9-11-23-46(42)51(48(44)34-38)30-32-52(33-31-51)47-24-12-10-22-43(47)45-29-27-40(35-49(45)52)53(39-18-5-2-6-19-39)50-25-13-17-37-16-7-8-20-41(37)50/h1-29,34-35H,30-33H2. The van der Waals surface area contributed by atoms with Crippen LogP contribution >= 0.6 is 0 Å². The van der Waals surface area contributed by atoms with Gasteiger partial charge in [0.1, 0.15) is 0 Å². The smallest absolute Gasteiger partial charge is 0.0540 e. The lowest BCUT2D eigenvalue weighted by Crippen LogP contribution is -2.39. The first-order chi connectivity index (χ1) is 26.2. The van der Waals surface area contributed by atoms with Crippen LogP contribution in [-0.4, -0.2) is 0 Å². The van der Waals surface area contributed by atoms with Gasteiger partial charge in [-0.25, -0.2) is 0 Å². The molecular formula is C52H39N. The molecule has 8 aromatic carbocycles. The van der Waals surface area contributed by atoms with Crippen molar-refractivity contribution < 1.29 is 0 Å². The molecule has 0 saturated heterocycles. The van der Waals surface area contributed by atoms with Gasteiger partial charge in [-0.1, -0.05) is 152 Å². The van der Waals surface area contributed by atoms with Crippen LogP contribution in [0.15, 0.2) is 188 Å². The molecule has 0 N–H and O–H groups in total. The molecule has 1 fully saturated rings. The van der Waals surface area contributed by atoms with Crippen molar-refractivity contribution in [3.63, 3.8) is 0 Å². The fourth-order valence-corrected chi connectivity index (χ4v) is 10.4. The Morgan fingerprint density at radius 3 is 1.57 bits per heavy atom. The SMILES string of the molecule is c1ccc(-c2ccc3c(c2)C2(CCC4(CC2)c2ccccc2-c2ccc(N(c5ccccc5)c5cccc6ccccc56)cc24)c2ccccc2-3)cc1. The summed E-state index contributed by atoms with van der Waals surface area (Å²) in [5.74, 6) is 0. The molecule has 0 radical (unpaired) electrons. The zero-order valence-corrected chi connectivity index (χ0v) is 29.7. The van der Waals surface area contributed by atoms with E-state index in [4.69, 9.17) is 0 Å². The van der Waals surface area contributed by atoms with Gasteiger partial charge in [-0.05, 0) is 123 Å². The molecule has 2 spiro atoms. The fourth-order valence-electron chi connectivity index (χ4n) is 10.4. The molecule has 0 heterocycles. The maximum Gasteiger partial charge on any atom is 0.0540 e. The van der Waals surface area contributed by atoms with Gasteiger partial charge in [0.05, 0.1) is 5.69 Å². The first-order valence-electron chi connectivity index (χ1n) is 19.1. The lowest BCUT2D eigenvalue weighted by molar-refractivity contribution is 0.265. The molecule has 0 amide bonds. The van der Waals surface area contributed by atoms with E-state index in [2.05, 4.69) is 193 Å². The van der Waals surface area contributed by atoms with Crippen molar-refractivity contribution in [1.82, 2.24) is 0 Å². The van der Waals surface area contributed by atoms with E-state index in [0.29, 0.717) is 0 Å². The Balaban J connectivity index is 1.06. The highest BCUT2D eigenvalue weighted by Crippen LogP contribution is 2.64. The third-order valence-electron chi connectivity index (χ3n) is 12.9. The van der Waals surface area contributed by atoms with E-state index in [1.807, 2.05) is 0 Å². The number of hydrogen-bond acceptors (Lipinski definition) is 1. The average molecular weight is 678 g/mol. The molecule has 0 atom stereocenters. The van der Waals surface area contributed by atoms with Crippen molar-refractivity contribution in [3.05, 3.63) is 210 Å². The average Bonchev–Trinajstić information content (AvgIpc) is 3.66. The van der Waals surface area contributed by atoms with Gasteiger partial charge in [0.15, 0.2) is 0 Å². The molecule has 1 saturated carbocycles. The largest absolute Gasteiger partial charge is 0.310 e. The van der Waals surface area contributed by atoms with Crippen LogP contribution in [0.3, 0.4) is 0 Å². The zero-order valence-electron chi connectivity index (χ0n) is 29.7. The zero-order chi connectivity index (χ0) is 35.0. The summed E-state index contributed by atoms with van der Waals surface area (Å²) >= 11 is 0. The van der Waals surface area contributed by atoms with Gasteiger partial charge in [-0.15, -0.1) is 0 Å². The maximum atomic E-state index is 2.55. The van der Waals surface area contributed by atoms with Gasteiger partial charge in [0, 0.05) is 27.6 Å². The summed E-state index contributed by atoms with van der Waals surface area (Å²) in [7, 11) is 0. The van der Waals surface area contributed by atoms with Crippen LogP contribution in [-0.2, 0) is 10.8 Å². The molecule has 3 aliphatic rings. The minimum atomic E-state index is -0.0525. The Labute approximate surface area is 311 Å². The maximum absolute atomic E-state index is 2.55. The van der Waals surface area contributed by atoms with E-state index < -0.39 is 0 Å². The summed E-state index contributed by atoms with van der Waals surface area (Å²) in [6, 6.07) is 70.3. The van der Waals surface area contributed by atoms with Crippen molar-refractivity contribution in [3.8, 4) is 33.4 Å². The van der Waals surface area contributed by atoms with Crippen LogP contribution in [0.4, 0.5) is 17.1 Å². The second kappa shape index (κ2) is 11.7. The summed E-state index contributed by atoms with van der Waals surface area (Å²) in [5, 5.41) is 2.51. The van der Waals surface area contributed by atoms with Gasteiger partial charge < -0.3 is 4.90 Å². The van der Waals surface area contributed by atoms with Crippen LogP contribution in [0.5, 0.6) is 0 Å². The highest BCUT2D eigenvalue weighted by molar-refractivity contribution is 5.99. The number of rotatable bonds is 4. The molecule has 0 bridgehead atoms. The van der Waals surface area contributed by atoms with Gasteiger partial charge >= 0.3 is 0 Å². The fraction of sp³-hybridized carbons (Fsp3) is 0.115. The number of fused-ring (bicyclic) bond motifs is 11. The lowest BCUT2D eigenvalue weighted by atomic mass is 9.57. The second-order valence-electron chi connectivity index (χ2n) is 15.3. The number of para-hydroxylation sites is 1. The normalized spacial score (nSPS) is 19.2. The van der Waals surface area contributed by atoms with E-state index in [1.165, 1.54) is 83.5 Å². The van der Waals surface area contributed by atoms with Gasteiger partial charge in [0.25, 0.3) is 0 Å². The van der Waals surface area contributed by atoms with Crippen LogP contribution in [0, 0.1) is 0 Å². The number of nitrogens with zero attached hydrogens (tertiary/aromatic N) is 1. The highest BCUT2D eigenvalue weighted by atomic mass is 15.1. The van der Waals surface area contributed by atoms with Crippen molar-refractivity contribution in [2.75, 3.05) is 4.90 Å². The van der Waals surface area contributed by atoms with Crippen LogP contribution in [0.1, 0.15) is 47.9 Å². The van der Waals surface area contributed by atoms with E-state index in [-0.39, 0.29) is 10.8 Å². The van der Waals surface area contributed by atoms with Gasteiger partial charge in [-0.3, -0.25) is 0 Å². The van der Waals surface area contributed by atoms with E-state index >= 15 is 0 Å². The molecule has 11 rings (SSSR count). The van der Waals surface area contributed by atoms with Gasteiger partial charge in [0.2, 0.25) is 0 Å². The van der Waals surface area contributed by atoms with Crippen LogP contribution in [0.25, 0.3) is 44.2 Å². The quantitative estimate of drug-likeness (QED) is 0.179. The predicted octanol–water partition coefficient (Wildman–Crippen LogP) is 13.8. The third-order valence-corrected chi connectivity index (χ3v) is 12.9. The summed E-state index contributed by atoms with van der Waals surface area (Å²) in [4.78, 5) is 2.47. The Kier molecular flexibility index (Phi) is 6.70. The molecule has 3 aliphatic carbocycles. The molecule has 1 heteroatoms. The van der Waals surface area contributed by atoms with Crippen molar-refractivity contribution in [1.29, 1.82) is 0 Å². The molecule has 8 aromatic rings. The molecule has 0 aromatic heterocycles. The minimum absolute atomic E-state index is 0.00367. The molecule has 0 aliphatic heterocycles. The Hall–Kier alpha value is -6.18. The molecular weight excluding hydrogens is 639 g/mol. The number of hydrogen-bond donors (Lipinski definition) is 0. The van der Waals surface area contributed by atoms with E-state index in [9.17, 15) is 0 Å². The second-order valence-corrected chi connectivity index (χ2v) is 15.3. The minimum Gasteiger partial charge on any atom is -0.310 e. The van der Waals surface area contributed by atoms with E-state index in [1.54, 1.807) is 0 Å². The summed E-state index contributed by atoms with van der Waals surface area (Å²) in [6.45, 7) is 0. The van der Waals surface area contributed by atoms with Crippen molar-refractivity contribution >= 4 is 27.8 Å². The predicted molar refractivity (Wildman–Crippen MR) is 221 cm³/mol. The molecule has 1 nitrogen and oxygen atoms in total. The number of benzene rings is 8.